The Morgan fingerprint density at radius 1 is 1.03 bits per heavy atom. The van der Waals surface area contributed by atoms with Crippen molar-refractivity contribution in [2.24, 2.45) is 0 Å². The molecule has 5 rings (SSSR count). The molecule has 0 radical (unpaired) electrons. The van der Waals surface area contributed by atoms with Crippen LogP contribution in [0.25, 0.3) is 33.7 Å². The Hall–Kier alpha value is -3.65. The van der Waals surface area contributed by atoms with Crippen LogP contribution in [0.4, 0.5) is 0 Å². The average Bonchev–Trinajstić information content (AvgIpc) is 3.39. The van der Waals surface area contributed by atoms with Crippen LogP contribution in [0.2, 0.25) is 0 Å². The Balaban J connectivity index is 1.51. The molecule has 0 aliphatic heterocycles. The fraction of sp³-hybridized carbons (Fsp3) is 0.200. The number of rotatable bonds is 6. The summed E-state index contributed by atoms with van der Waals surface area (Å²) in [6.07, 6.45) is 0. The van der Waals surface area contributed by atoms with E-state index < -0.39 is 5.76 Å². The number of nitrogens with one attached hydrogen (secondary N) is 1. The molecule has 1 N–H and O–H groups in total. The van der Waals surface area contributed by atoms with Crippen LogP contribution in [0.5, 0.6) is 0 Å². The molecule has 166 valence electrons. The highest BCUT2D eigenvalue weighted by atomic mass is 32.2. The maximum absolute atomic E-state index is 11.4. The first kappa shape index (κ1) is 21.2. The van der Waals surface area contributed by atoms with Crippen LogP contribution in [0.1, 0.15) is 23.7 Å². The van der Waals surface area contributed by atoms with Gasteiger partial charge in [-0.1, -0.05) is 72.4 Å². The van der Waals surface area contributed by atoms with Crippen molar-refractivity contribution in [3.05, 3.63) is 82.0 Å². The van der Waals surface area contributed by atoms with E-state index in [1.165, 1.54) is 0 Å². The van der Waals surface area contributed by atoms with E-state index in [1.807, 2.05) is 31.2 Å². The summed E-state index contributed by atoms with van der Waals surface area (Å²) in [4.78, 5) is 23.7. The van der Waals surface area contributed by atoms with Gasteiger partial charge in [-0.05, 0) is 47.9 Å². The van der Waals surface area contributed by atoms with E-state index in [0.717, 1.165) is 55.6 Å². The Kier molecular flexibility index (Phi) is 5.60. The van der Waals surface area contributed by atoms with Gasteiger partial charge < -0.3 is 0 Å². The van der Waals surface area contributed by atoms with Crippen LogP contribution < -0.4 is 5.76 Å². The van der Waals surface area contributed by atoms with Crippen molar-refractivity contribution in [1.82, 2.24) is 24.7 Å². The highest BCUT2D eigenvalue weighted by molar-refractivity contribution is 7.99. The number of aryl methyl sites for hydroxylation is 2. The van der Waals surface area contributed by atoms with Crippen LogP contribution in [-0.4, -0.2) is 30.4 Å². The minimum absolute atomic E-state index is 0.419. The normalized spacial score (nSPS) is 11.4. The zero-order chi connectivity index (χ0) is 22.9. The monoisotopic (exact) mass is 457 g/mol. The lowest BCUT2D eigenvalue weighted by Gasteiger charge is -2.11. The third kappa shape index (κ3) is 4.09. The van der Waals surface area contributed by atoms with Crippen molar-refractivity contribution in [3.8, 4) is 22.5 Å². The second kappa shape index (κ2) is 8.71. The van der Waals surface area contributed by atoms with E-state index in [2.05, 4.69) is 58.9 Å². The summed E-state index contributed by atoms with van der Waals surface area (Å²) in [7, 11) is 0. The number of fused-ring (bicyclic) bond motifs is 1. The van der Waals surface area contributed by atoms with E-state index in [0.29, 0.717) is 12.4 Å². The van der Waals surface area contributed by atoms with Gasteiger partial charge in [0.1, 0.15) is 5.52 Å². The van der Waals surface area contributed by atoms with Crippen molar-refractivity contribution in [2.75, 3.05) is 5.75 Å². The summed E-state index contributed by atoms with van der Waals surface area (Å²) < 4.78 is 6.89. The lowest BCUT2D eigenvalue weighted by atomic mass is 9.98. The largest absolute Gasteiger partial charge is 0.439 e. The number of hydrogen-bond donors (Lipinski definition) is 1. The summed E-state index contributed by atoms with van der Waals surface area (Å²) in [5.41, 5.74) is 7.99. The Morgan fingerprint density at radius 2 is 1.79 bits per heavy atom. The number of thioether (sulfide) groups is 1. The number of aromatic nitrogens is 5. The van der Waals surface area contributed by atoms with Crippen molar-refractivity contribution >= 4 is 22.9 Å². The Labute approximate surface area is 194 Å². The third-order valence-electron chi connectivity index (χ3n) is 5.49. The van der Waals surface area contributed by atoms with Crippen LogP contribution in [-0.2, 0) is 6.54 Å². The summed E-state index contributed by atoms with van der Waals surface area (Å²) in [6.45, 7) is 6.93. The predicted molar refractivity (Wildman–Crippen MR) is 130 cm³/mol. The Bertz CT molecular complexity index is 1500. The van der Waals surface area contributed by atoms with Crippen molar-refractivity contribution in [2.45, 2.75) is 32.5 Å². The first-order chi connectivity index (χ1) is 16.0. The van der Waals surface area contributed by atoms with Crippen molar-refractivity contribution in [3.63, 3.8) is 0 Å². The molecule has 33 heavy (non-hydrogen) atoms. The van der Waals surface area contributed by atoms with Gasteiger partial charge in [0.2, 0.25) is 0 Å². The second-order valence-corrected chi connectivity index (χ2v) is 9.08. The molecule has 0 bridgehead atoms. The van der Waals surface area contributed by atoms with Gasteiger partial charge in [-0.25, -0.2) is 14.8 Å². The topological polar surface area (TPSA) is 89.6 Å². The van der Waals surface area contributed by atoms with Gasteiger partial charge in [0.25, 0.3) is 0 Å². The quantitative estimate of drug-likeness (QED) is 0.352. The fourth-order valence-electron chi connectivity index (χ4n) is 4.02. The molecule has 0 atom stereocenters. The fourth-order valence-corrected chi connectivity index (χ4v) is 4.75. The van der Waals surface area contributed by atoms with Gasteiger partial charge in [0, 0.05) is 11.3 Å². The van der Waals surface area contributed by atoms with Crippen LogP contribution >= 0.6 is 11.8 Å². The number of aromatic amines is 1. The molecular weight excluding hydrogens is 434 g/mol. The number of benzene rings is 2. The summed E-state index contributed by atoms with van der Waals surface area (Å²) >= 11 is 1.73. The molecule has 0 unspecified atom stereocenters. The first-order valence-electron chi connectivity index (χ1n) is 10.8. The molecular formula is C25H23N5O2S. The van der Waals surface area contributed by atoms with Gasteiger partial charge in [-0.3, -0.25) is 14.1 Å². The number of H-pyrrole nitrogens is 1. The molecule has 0 fully saturated rings. The van der Waals surface area contributed by atoms with Crippen LogP contribution in [0.3, 0.4) is 0 Å². The molecule has 5 aromatic rings. The molecule has 3 aromatic heterocycles. The number of hydrogen-bond acceptors (Lipinski definition) is 6. The number of imidazole rings is 1. The van der Waals surface area contributed by atoms with Gasteiger partial charge in [-0.15, -0.1) is 0 Å². The molecule has 0 spiro atoms. The molecule has 3 heterocycles. The van der Waals surface area contributed by atoms with Crippen LogP contribution in [0, 0.1) is 13.8 Å². The Morgan fingerprint density at radius 3 is 2.48 bits per heavy atom. The summed E-state index contributed by atoms with van der Waals surface area (Å²) in [5.74, 6) is 0.798. The molecule has 7 nitrogen and oxygen atoms in total. The summed E-state index contributed by atoms with van der Waals surface area (Å²) in [6, 6.07) is 18.3. The SMILES string of the molecule is CCSc1nc2c(C)cc(C)nc2n1Cc1ccc(-c2ccccc2-c2noc(=O)[nH]2)cc1. The van der Waals surface area contributed by atoms with Crippen molar-refractivity contribution < 1.29 is 4.52 Å². The average molecular weight is 458 g/mol. The highest BCUT2D eigenvalue weighted by Gasteiger charge is 2.16. The molecule has 2 aromatic carbocycles. The zero-order valence-electron chi connectivity index (χ0n) is 18.6. The molecule has 0 amide bonds. The van der Waals surface area contributed by atoms with E-state index in [4.69, 9.17) is 14.5 Å². The maximum atomic E-state index is 11.4. The molecule has 0 aliphatic carbocycles. The minimum Gasteiger partial charge on any atom is -0.299 e. The van der Waals surface area contributed by atoms with Gasteiger partial charge in [0.05, 0.1) is 6.54 Å². The first-order valence-corrected chi connectivity index (χ1v) is 11.7. The molecule has 8 heteroatoms. The zero-order valence-corrected chi connectivity index (χ0v) is 19.4. The standard InChI is InChI=1S/C25H23N5O2S/c1-4-33-24-27-21-15(2)13-16(3)26-23(21)30(24)14-17-9-11-18(12-10-17)19-7-5-6-8-20(19)22-28-25(31)32-29-22/h5-13H,4,14H2,1-3H3,(H,28,29,31). The second-order valence-electron chi connectivity index (χ2n) is 7.85. The number of nitrogens with zero attached hydrogens (tertiary/aromatic N) is 4. The lowest BCUT2D eigenvalue weighted by molar-refractivity contribution is 0.388. The van der Waals surface area contributed by atoms with E-state index in [9.17, 15) is 4.79 Å². The lowest BCUT2D eigenvalue weighted by Crippen LogP contribution is -2.03. The van der Waals surface area contributed by atoms with E-state index >= 15 is 0 Å². The van der Waals surface area contributed by atoms with E-state index in [-0.39, 0.29) is 0 Å². The minimum atomic E-state index is -0.567. The molecule has 0 aliphatic rings. The smallest absolute Gasteiger partial charge is 0.299 e. The van der Waals surface area contributed by atoms with Crippen LogP contribution in [0.15, 0.2) is 69.1 Å². The summed E-state index contributed by atoms with van der Waals surface area (Å²) in [5, 5.41) is 4.83. The third-order valence-corrected chi connectivity index (χ3v) is 6.35. The maximum Gasteiger partial charge on any atom is 0.439 e. The molecule has 0 saturated carbocycles. The van der Waals surface area contributed by atoms with Gasteiger partial charge in [-0.2, -0.15) is 0 Å². The van der Waals surface area contributed by atoms with Gasteiger partial charge >= 0.3 is 5.76 Å². The van der Waals surface area contributed by atoms with Gasteiger partial charge in [0.15, 0.2) is 16.6 Å². The van der Waals surface area contributed by atoms with E-state index in [1.54, 1.807) is 11.8 Å². The molecule has 0 saturated heterocycles. The number of pyridine rings is 1. The highest BCUT2D eigenvalue weighted by Crippen LogP contribution is 2.31. The van der Waals surface area contributed by atoms with Crippen molar-refractivity contribution in [1.29, 1.82) is 0 Å². The predicted octanol–water partition coefficient (Wildman–Crippen LogP) is 5.22.